The lowest BCUT2D eigenvalue weighted by Gasteiger charge is -2.33. The van der Waals surface area contributed by atoms with Crippen molar-refractivity contribution in [2.75, 3.05) is 25.5 Å². The fourth-order valence-electron chi connectivity index (χ4n) is 1.94. The number of ether oxygens (including phenoxy) is 1. The molecule has 1 saturated heterocycles. The maximum Gasteiger partial charge on any atom is 0.260 e. The van der Waals surface area contributed by atoms with E-state index in [9.17, 15) is 9.59 Å². The largest absolute Gasteiger partial charge is 0.382 e. The minimum absolute atomic E-state index is 0.109. The van der Waals surface area contributed by atoms with Gasteiger partial charge >= 0.3 is 0 Å². The summed E-state index contributed by atoms with van der Waals surface area (Å²) in [4.78, 5) is 25.0. The number of primary amides is 1. The zero-order chi connectivity index (χ0) is 13.3. The number of carbonyl (C=O) groups is 2. The maximum atomic E-state index is 12.3. The molecule has 98 valence electrons. The number of nitrogens with one attached hydrogen (secondary N) is 1. The van der Waals surface area contributed by atoms with Crippen molar-refractivity contribution in [1.82, 2.24) is 15.1 Å². The Balaban J connectivity index is 2.29. The van der Waals surface area contributed by atoms with Gasteiger partial charge in [0.15, 0.2) is 5.82 Å². The molecule has 1 unspecified atom stereocenters. The van der Waals surface area contributed by atoms with E-state index in [1.807, 2.05) is 0 Å². The molecule has 18 heavy (non-hydrogen) atoms. The Morgan fingerprint density at radius 2 is 2.28 bits per heavy atom. The molecule has 1 aromatic rings. The van der Waals surface area contributed by atoms with Crippen LogP contribution >= 0.6 is 0 Å². The molecule has 0 bridgehead atoms. The highest BCUT2D eigenvalue weighted by Gasteiger charge is 2.34. The van der Waals surface area contributed by atoms with Crippen LogP contribution in [0.2, 0.25) is 0 Å². The monoisotopic (exact) mass is 253 g/mol. The second-order valence-electron chi connectivity index (χ2n) is 4.10. The summed E-state index contributed by atoms with van der Waals surface area (Å²) < 4.78 is 5.15. The van der Waals surface area contributed by atoms with Crippen molar-refractivity contribution in [3.63, 3.8) is 0 Å². The number of rotatable bonds is 2. The highest BCUT2D eigenvalue weighted by Crippen LogP contribution is 2.18. The molecule has 2 rings (SSSR count). The quantitative estimate of drug-likeness (QED) is 0.599. The summed E-state index contributed by atoms with van der Waals surface area (Å²) in [5.74, 6) is -0.833. The van der Waals surface area contributed by atoms with Gasteiger partial charge in [0.25, 0.3) is 5.91 Å². The molecule has 1 aliphatic heterocycles. The van der Waals surface area contributed by atoms with Crippen LogP contribution in [-0.4, -0.2) is 52.7 Å². The van der Waals surface area contributed by atoms with Gasteiger partial charge in [0, 0.05) is 12.2 Å². The molecule has 2 amide bonds. The third-order valence-electron chi connectivity index (χ3n) is 2.91. The predicted octanol–water partition coefficient (Wildman–Crippen LogP) is -1.37. The van der Waals surface area contributed by atoms with Crippen molar-refractivity contribution in [1.29, 1.82) is 0 Å². The van der Waals surface area contributed by atoms with Crippen molar-refractivity contribution in [2.45, 2.75) is 13.0 Å². The first-order valence-corrected chi connectivity index (χ1v) is 5.51. The summed E-state index contributed by atoms with van der Waals surface area (Å²) >= 11 is 0. The highest BCUT2D eigenvalue weighted by atomic mass is 16.5. The third kappa shape index (κ3) is 2.02. The van der Waals surface area contributed by atoms with E-state index >= 15 is 0 Å². The van der Waals surface area contributed by atoms with Gasteiger partial charge in [-0.05, 0) is 6.92 Å². The molecule has 8 nitrogen and oxygen atoms in total. The summed E-state index contributed by atoms with van der Waals surface area (Å²) in [5, 5.41) is 6.39. The third-order valence-corrected chi connectivity index (χ3v) is 2.91. The summed E-state index contributed by atoms with van der Waals surface area (Å²) in [6, 6.07) is -0.764. The number of morpholine rings is 1. The van der Waals surface area contributed by atoms with E-state index in [0.717, 1.165) is 0 Å². The van der Waals surface area contributed by atoms with Gasteiger partial charge in [-0.15, -0.1) is 0 Å². The molecule has 0 spiro atoms. The van der Waals surface area contributed by atoms with Crippen LogP contribution in [-0.2, 0) is 9.53 Å². The number of aromatic nitrogens is 2. The molecule has 1 aliphatic rings. The Kier molecular flexibility index (Phi) is 3.19. The van der Waals surface area contributed by atoms with Gasteiger partial charge in [-0.25, -0.2) is 0 Å². The lowest BCUT2D eigenvalue weighted by Crippen LogP contribution is -2.54. The topological polar surface area (TPSA) is 127 Å². The Hall–Kier alpha value is -2.09. The molecule has 5 N–H and O–H groups in total. The molecule has 1 fully saturated rings. The Morgan fingerprint density at radius 3 is 2.83 bits per heavy atom. The molecular weight excluding hydrogens is 238 g/mol. The fourth-order valence-corrected chi connectivity index (χ4v) is 1.94. The number of nitrogens with two attached hydrogens (primary N) is 2. The molecular formula is C10H15N5O3. The van der Waals surface area contributed by atoms with Crippen molar-refractivity contribution < 1.29 is 14.3 Å². The van der Waals surface area contributed by atoms with Crippen LogP contribution in [0.3, 0.4) is 0 Å². The van der Waals surface area contributed by atoms with Crippen LogP contribution in [0.25, 0.3) is 0 Å². The number of aryl methyl sites for hydroxylation is 1. The first-order valence-electron chi connectivity index (χ1n) is 5.51. The SMILES string of the molecule is Cc1[nH]nc(N)c1C(=O)N1CCOCC1C(N)=O. The maximum absolute atomic E-state index is 12.3. The van der Waals surface area contributed by atoms with Crippen LogP contribution in [0.5, 0.6) is 0 Å². The van der Waals surface area contributed by atoms with Crippen LogP contribution in [0.4, 0.5) is 5.82 Å². The van der Waals surface area contributed by atoms with E-state index in [2.05, 4.69) is 10.2 Å². The number of anilines is 1. The molecule has 1 aromatic heterocycles. The van der Waals surface area contributed by atoms with E-state index < -0.39 is 11.9 Å². The summed E-state index contributed by atoms with van der Waals surface area (Å²) in [7, 11) is 0. The van der Waals surface area contributed by atoms with E-state index in [-0.39, 0.29) is 23.9 Å². The van der Waals surface area contributed by atoms with Gasteiger partial charge < -0.3 is 21.1 Å². The van der Waals surface area contributed by atoms with Crippen LogP contribution < -0.4 is 11.5 Å². The van der Waals surface area contributed by atoms with Gasteiger partial charge in [-0.1, -0.05) is 0 Å². The second-order valence-corrected chi connectivity index (χ2v) is 4.10. The molecule has 2 heterocycles. The number of hydrogen-bond acceptors (Lipinski definition) is 5. The summed E-state index contributed by atoms with van der Waals surface area (Å²) in [5.41, 5.74) is 11.7. The van der Waals surface area contributed by atoms with Crippen molar-refractivity contribution >= 4 is 17.6 Å². The summed E-state index contributed by atoms with van der Waals surface area (Å²) in [6.45, 7) is 2.47. The number of nitrogens with zero attached hydrogens (tertiary/aromatic N) is 2. The van der Waals surface area contributed by atoms with Crippen molar-refractivity contribution in [3.05, 3.63) is 11.3 Å². The molecule has 1 atom stereocenters. The van der Waals surface area contributed by atoms with Crippen LogP contribution in [0.1, 0.15) is 16.1 Å². The van der Waals surface area contributed by atoms with Gasteiger partial charge in [0.2, 0.25) is 5.91 Å². The standard InChI is InChI=1S/C10H15N5O3/c1-5-7(8(11)14-13-5)10(17)15-2-3-18-4-6(15)9(12)16/h6H,2-4H2,1H3,(H2,12,16)(H3,11,13,14). The van der Waals surface area contributed by atoms with Crippen molar-refractivity contribution in [2.24, 2.45) is 5.73 Å². The zero-order valence-corrected chi connectivity index (χ0v) is 9.97. The number of aromatic amines is 1. The number of carbonyl (C=O) groups excluding carboxylic acids is 2. The van der Waals surface area contributed by atoms with E-state index in [1.165, 1.54) is 4.90 Å². The van der Waals surface area contributed by atoms with Gasteiger partial charge in [0.05, 0.1) is 13.2 Å². The number of nitrogen functional groups attached to an aromatic ring is 1. The average Bonchev–Trinajstić information content (AvgIpc) is 2.68. The Labute approximate surface area is 103 Å². The van der Waals surface area contributed by atoms with Gasteiger partial charge in [-0.2, -0.15) is 5.10 Å². The number of amides is 2. The number of H-pyrrole nitrogens is 1. The van der Waals surface area contributed by atoms with E-state index in [1.54, 1.807) is 6.92 Å². The van der Waals surface area contributed by atoms with Crippen molar-refractivity contribution in [3.8, 4) is 0 Å². The molecule has 8 heteroatoms. The molecule has 0 aromatic carbocycles. The normalized spacial score (nSPS) is 19.8. The highest BCUT2D eigenvalue weighted by molar-refractivity contribution is 6.01. The Morgan fingerprint density at radius 1 is 1.56 bits per heavy atom. The first kappa shape index (κ1) is 12.4. The first-order chi connectivity index (χ1) is 8.52. The molecule has 0 radical (unpaired) electrons. The minimum atomic E-state index is -0.764. The van der Waals surface area contributed by atoms with E-state index in [4.69, 9.17) is 16.2 Å². The zero-order valence-electron chi connectivity index (χ0n) is 9.97. The average molecular weight is 253 g/mol. The number of hydrogen-bond donors (Lipinski definition) is 3. The van der Waals surface area contributed by atoms with Gasteiger partial charge in [0.1, 0.15) is 11.6 Å². The molecule has 0 aliphatic carbocycles. The van der Waals surface area contributed by atoms with Gasteiger partial charge in [-0.3, -0.25) is 14.7 Å². The lowest BCUT2D eigenvalue weighted by atomic mass is 10.1. The fraction of sp³-hybridized carbons (Fsp3) is 0.500. The summed E-state index contributed by atoms with van der Waals surface area (Å²) in [6.07, 6.45) is 0. The Bertz CT molecular complexity index is 464. The predicted molar refractivity (Wildman–Crippen MR) is 62.6 cm³/mol. The van der Waals surface area contributed by atoms with Crippen LogP contribution in [0.15, 0.2) is 0 Å². The lowest BCUT2D eigenvalue weighted by molar-refractivity contribution is -0.127. The smallest absolute Gasteiger partial charge is 0.260 e. The van der Waals surface area contributed by atoms with Crippen LogP contribution in [0, 0.1) is 6.92 Å². The van der Waals surface area contributed by atoms with E-state index in [0.29, 0.717) is 18.8 Å². The second kappa shape index (κ2) is 4.65. The minimum Gasteiger partial charge on any atom is -0.382 e. The molecule has 0 saturated carbocycles.